The number of nitrogens with zero attached hydrogens (tertiary/aromatic N) is 1. The number of ether oxygens (including phenoxy) is 2. The van der Waals surface area contributed by atoms with Gasteiger partial charge in [0.25, 0.3) is 0 Å². The van der Waals surface area contributed by atoms with E-state index >= 15 is 0 Å². The van der Waals surface area contributed by atoms with Crippen LogP contribution in [0.1, 0.15) is 54.0 Å². The van der Waals surface area contributed by atoms with Crippen molar-refractivity contribution < 1.29 is 23.6 Å². The van der Waals surface area contributed by atoms with Gasteiger partial charge in [-0.15, -0.1) is 0 Å². The fourth-order valence-electron chi connectivity index (χ4n) is 2.51. The Morgan fingerprint density at radius 1 is 1.21 bits per heavy atom. The molecule has 7 nitrogen and oxygen atoms in total. The van der Waals surface area contributed by atoms with Gasteiger partial charge in [-0.1, -0.05) is 6.07 Å². The Morgan fingerprint density at radius 2 is 1.82 bits per heavy atom. The van der Waals surface area contributed by atoms with Crippen molar-refractivity contribution in [1.82, 2.24) is 5.32 Å². The van der Waals surface area contributed by atoms with Gasteiger partial charge in [0.15, 0.2) is 0 Å². The molecule has 1 saturated heterocycles. The zero-order valence-corrected chi connectivity index (χ0v) is 17.7. The number of amides is 1. The molecule has 1 fully saturated rings. The first-order chi connectivity index (χ1) is 12.8. The van der Waals surface area contributed by atoms with Crippen molar-refractivity contribution in [3.05, 3.63) is 23.8 Å². The minimum atomic E-state index is -0.553. The second-order valence-electron chi connectivity index (χ2n) is 8.73. The van der Waals surface area contributed by atoms with E-state index in [1.54, 1.807) is 32.9 Å². The maximum Gasteiger partial charge on any atom is 0.494 e. The molecule has 28 heavy (non-hydrogen) atoms. The highest BCUT2D eigenvalue weighted by molar-refractivity contribution is 6.62. The highest BCUT2D eigenvalue weighted by Crippen LogP contribution is 2.36. The zero-order valence-electron chi connectivity index (χ0n) is 17.7. The molecule has 2 rings (SSSR count). The average Bonchev–Trinajstić information content (AvgIpc) is 2.78. The van der Waals surface area contributed by atoms with Crippen molar-refractivity contribution >= 4 is 18.7 Å². The summed E-state index contributed by atoms with van der Waals surface area (Å²) < 4.78 is 22.8. The number of nitrogens with one attached hydrogen (secondary N) is 1. The predicted molar refractivity (Wildman–Crippen MR) is 107 cm³/mol. The number of carbonyl (C=O) groups is 1. The monoisotopic (exact) mass is 388 g/mol. The first kappa shape index (κ1) is 22.1. The van der Waals surface area contributed by atoms with E-state index < -0.39 is 30.0 Å². The van der Waals surface area contributed by atoms with E-state index in [1.165, 1.54) is 0 Å². The van der Waals surface area contributed by atoms with Crippen LogP contribution in [0.25, 0.3) is 0 Å². The maximum atomic E-state index is 11.6. The van der Waals surface area contributed by atoms with Gasteiger partial charge in [0, 0.05) is 0 Å². The van der Waals surface area contributed by atoms with E-state index in [2.05, 4.69) is 11.4 Å². The van der Waals surface area contributed by atoms with Crippen LogP contribution in [0.3, 0.4) is 0 Å². The molecular weight excluding hydrogens is 359 g/mol. The number of rotatable bonds is 5. The van der Waals surface area contributed by atoms with Gasteiger partial charge in [-0.3, -0.25) is 0 Å². The Morgan fingerprint density at radius 3 is 2.36 bits per heavy atom. The van der Waals surface area contributed by atoms with Crippen LogP contribution in [0, 0.1) is 11.3 Å². The van der Waals surface area contributed by atoms with Gasteiger partial charge in [-0.05, 0) is 66.1 Å². The summed E-state index contributed by atoms with van der Waals surface area (Å²) in [7, 11) is -0.542. The summed E-state index contributed by atoms with van der Waals surface area (Å²) in [5, 5.41) is 12.1. The topological polar surface area (TPSA) is 89.8 Å². The Kier molecular flexibility index (Phi) is 6.32. The third kappa shape index (κ3) is 5.40. The number of hydrogen-bond donors (Lipinski definition) is 1. The largest absolute Gasteiger partial charge is 0.494 e. The molecule has 1 aromatic carbocycles. The summed E-state index contributed by atoms with van der Waals surface area (Å²) in [4.78, 5) is 11.6. The molecule has 0 unspecified atom stereocenters. The van der Waals surface area contributed by atoms with Crippen molar-refractivity contribution in [1.29, 1.82) is 5.26 Å². The smallest absolute Gasteiger partial charge is 0.490 e. The molecule has 0 bridgehead atoms. The Labute approximate surface area is 167 Å². The molecular formula is C20H29BN2O5. The highest BCUT2D eigenvalue weighted by atomic mass is 16.7. The van der Waals surface area contributed by atoms with Crippen LogP contribution < -0.4 is 15.5 Å². The summed E-state index contributed by atoms with van der Waals surface area (Å²) in [6.45, 7) is 13.8. The van der Waals surface area contributed by atoms with Crippen LogP contribution in [0.2, 0.25) is 0 Å². The van der Waals surface area contributed by atoms with Gasteiger partial charge in [0.1, 0.15) is 24.0 Å². The molecule has 1 aromatic rings. The Bertz CT molecular complexity index is 749. The van der Waals surface area contributed by atoms with E-state index in [1.807, 2.05) is 33.8 Å². The molecule has 0 aromatic heterocycles. The minimum absolute atomic E-state index is 0.212. The fraction of sp³-hybridized carbons (Fsp3) is 0.600. The van der Waals surface area contributed by atoms with Gasteiger partial charge < -0.3 is 24.1 Å². The number of carbonyl (C=O) groups excluding carboxylic acids is 1. The molecule has 0 aliphatic carbocycles. The summed E-state index contributed by atoms with van der Waals surface area (Å²) >= 11 is 0. The molecule has 1 amide bonds. The molecule has 0 atom stereocenters. The summed E-state index contributed by atoms with van der Waals surface area (Å²) in [6.07, 6.45) is -0.507. The summed E-state index contributed by atoms with van der Waals surface area (Å²) in [5.41, 5.74) is -0.318. The van der Waals surface area contributed by atoms with E-state index in [4.69, 9.17) is 18.8 Å². The SMILES string of the molecule is CC(C)(C)OC(=O)NCCOc1ccc(B2OC(C)(C)C(C)(C)O2)cc1C#N. The lowest BCUT2D eigenvalue weighted by Crippen LogP contribution is -2.41. The van der Waals surface area contributed by atoms with Crippen molar-refractivity contribution in [2.24, 2.45) is 0 Å². The van der Waals surface area contributed by atoms with Gasteiger partial charge in [0.05, 0.1) is 23.3 Å². The molecule has 1 heterocycles. The Hall–Kier alpha value is -2.24. The van der Waals surface area contributed by atoms with Crippen LogP contribution in [-0.4, -0.2) is 43.2 Å². The van der Waals surface area contributed by atoms with E-state index in [-0.39, 0.29) is 13.2 Å². The van der Waals surface area contributed by atoms with Crippen molar-refractivity contribution in [2.75, 3.05) is 13.2 Å². The molecule has 1 N–H and O–H groups in total. The van der Waals surface area contributed by atoms with Gasteiger partial charge in [-0.2, -0.15) is 5.26 Å². The van der Waals surface area contributed by atoms with E-state index in [9.17, 15) is 10.1 Å². The quantitative estimate of drug-likeness (QED) is 0.616. The fourth-order valence-corrected chi connectivity index (χ4v) is 2.51. The zero-order chi connectivity index (χ0) is 21.2. The molecule has 0 spiro atoms. The van der Waals surface area contributed by atoms with Gasteiger partial charge in [-0.25, -0.2) is 4.79 Å². The second-order valence-corrected chi connectivity index (χ2v) is 8.73. The van der Waals surface area contributed by atoms with E-state index in [0.717, 1.165) is 5.46 Å². The van der Waals surface area contributed by atoms with Crippen LogP contribution >= 0.6 is 0 Å². The van der Waals surface area contributed by atoms with Crippen molar-refractivity contribution in [3.63, 3.8) is 0 Å². The lowest BCUT2D eigenvalue weighted by molar-refractivity contribution is 0.00578. The van der Waals surface area contributed by atoms with Gasteiger partial charge >= 0.3 is 13.2 Å². The van der Waals surface area contributed by atoms with Crippen LogP contribution in [0.5, 0.6) is 5.75 Å². The maximum absolute atomic E-state index is 11.6. The average molecular weight is 388 g/mol. The second kappa shape index (κ2) is 8.02. The van der Waals surface area contributed by atoms with Crippen molar-refractivity contribution in [3.8, 4) is 11.8 Å². The van der Waals surface area contributed by atoms with Gasteiger partial charge in [0.2, 0.25) is 0 Å². The van der Waals surface area contributed by atoms with Crippen molar-refractivity contribution in [2.45, 2.75) is 65.3 Å². The summed E-state index contributed by atoms with van der Waals surface area (Å²) in [5.74, 6) is 0.439. The highest BCUT2D eigenvalue weighted by Gasteiger charge is 2.51. The first-order valence-corrected chi connectivity index (χ1v) is 9.34. The number of nitriles is 1. The molecule has 1 aliphatic heterocycles. The molecule has 152 valence electrons. The minimum Gasteiger partial charge on any atom is -0.490 e. The molecule has 1 aliphatic rings. The first-order valence-electron chi connectivity index (χ1n) is 9.34. The van der Waals surface area contributed by atoms with Crippen LogP contribution in [0.4, 0.5) is 4.79 Å². The van der Waals surface area contributed by atoms with Crippen LogP contribution in [0.15, 0.2) is 18.2 Å². The molecule has 8 heteroatoms. The normalized spacial score (nSPS) is 17.7. The molecule has 0 saturated carbocycles. The van der Waals surface area contributed by atoms with E-state index in [0.29, 0.717) is 11.3 Å². The number of alkyl carbamates (subject to hydrolysis) is 1. The lowest BCUT2D eigenvalue weighted by Gasteiger charge is -2.32. The number of hydrogen-bond acceptors (Lipinski definition) is 6. The summed E-state index contributed by atoms with van der Waals surface area (Å²) in [6, 6.07) is 7.37. The van der Waals surface area contributed by atoms with Crippen LogP contribution in [-0.2, 0) is 14.0 Å². The lowest BCUT2D eigenvalue weighted by atomic mass is 9.78. The molecule has 0 radical (unpaired) electrons. The standard InChI is InChI=1S/C20H29BN2O5/c1-18(2,3)26-17(24)23-10-11-25-16-9-8-15(12-14(16)13-22)21-27-19(4,5)20(6,7)28-21/h8-9,12H,10-11H2,1-7H3,(H,23,24). The number of benzene rings is 1. The predicted octanol–water partition coefficient (Wildman–Crippen LogP) is 2.76. The third-order valence-corrected chi connectivity index (χ3v) is 4.68. The third-order valence-electron chi connectivity index (χ3n) is 4.68. The Balaban J connectivity index is 1.95.